The minimum Gasteiger partial charge on any atom is -0.314 e. The molecule has 1 N–H and O–H groups in total. The monoisotopic (exact) mass is 250 g/mol. The Morgan fingerprint density at radius 2 is 1.94 bits per heavy atom. The fourth-order valence-electron chi connectivity index (χ4n) is 1.70. The van der Waals surface area contributed by atoms with Crippen LogP contribution in [-0.2, 0) is 13.1 Å². The third-order valence-electron chi connectivity index (χ3n) is 2.51. The molecule has 0 aromatic carbocycles. The van der Waals surface area contributed by atoms with Gasteiger partial charge in [-0.05, 0) is 10.4 Å². The molecule has 0 radical (unpaired) electrons. The van der Waals surface area contributed by atoms with Gasteiger partial charge in [-0.25, -0.2) is 4.68 Å². The lowest BCUT2D eigenvalue weighted by Gasteiger charge is -2.26. The second-order valence-corrected chi connectivity index (χ2v) is 3.89. The number of rotatable bonds is 3. The van der Waals surface area contributed by atoms with Crippen LogP contribution < -0.4 is 5.32 Å². The van der Waals surface area contributed by atoms with E-state index in [1.807, 2.05) is 4.90 Å². The van der Waals surface area contributed by atoms with Crippen LogP contribution in [0.15, 0.2) is 0 Å². The Hall–Kier alpha value is -1.22. The van der Waals surface area contributed by atoms with Gasteiger partial charge >= 0.3 is 6.18 Å². The van der Waals surface area contributed by atoms with E-state index in [0.29, 0.717) is 6.54 Å². The first kappa shape index (κ1) is 12.2. The summed E-state index contributed by atoms with van der Waals surface area (Å²) in [7, 11) is 0. The van der Waals surface area contributed by atoms with Crippen LogP contribution in [0.2, 0.25) is 0 Å². The van der Waals surface area contributed by atoms with Gasteiger partial charge < -0.3 is 5.32 Å². The lowest BCUT2D eigenvalue weighted by Crippen LogP contribution is -2.43. The van der Waals surface area contributed by atoms with Crippen molar-refractivity contribution in [3.05, 3.63) is 5.82 Å². The van der Waals surface area contributed by atoms with E-state index in [0.717, 1.165) is 30.9 Å². The Morgan fingerprint density at radius 1 is 1.24 bits per heavy atom. The smallest absolute Gasteiger partial charge is 0.314 e. The molecular weight excluding hydrogens is 237 g/mol. The van der Waals surface area contributed by atoms with Crippen LogP contribution in [0.25, 0.3) is 0 Å². The molecule has 0 aliphatic carbocycles. The highest BCUT2D eigenvalue weighted by atomic mass is 19.4. The molecule has 0 unspecified atom stereocenters. The quantitative estimate of drug-likeness (QED) is 0.794. The maximum absolute atomic E-state index is 12.2. The summed E-state index contributed by atoms with van der Waals surface area (Å²) in [4.78, 5) is 2.02. The van der Waals surface area contributed by atoms with E-state index in [4.69, 9.17) is 0 Å². The predicted molar refractivity (Wildman–Crippen MR) is 52.0 cm³/mol. The molecule has 1 aromatic heterocycles. The van der Waals surface area contributed by atoms with Gasteiger partial charge in [0.05, 0.1) is 6.54 Å². The fourth-order valence-corrected chi connectivity index (χ4v) is 1.70. The molecule has 1 aromatic rings. The number of halogens is 3. The third-order valence-corrected chi connectivity index (χ3v) is 2.51. The van der Waals surface area contributed by atoms with Gasteiger partial charge in [0.2, 0.25) is 0 Å². The second-order valence-electron chi connectivity index (χ2n) is 3.89. The van der Waals surface area contributed by atoms with E-state index in [-0.39, 0.29) is 5.82 Å². The maximum atomic E-state index is 12.2. The van der Waals surface area contributed by atoms with Crippen molar-refractivity contribution in [2.24, 2.45) is 0 Å². The summed E-state index contributed by atoms with van der Waals surface area (Å²) < 4.78 is 37.5. The summed E-state index contributed by atoms with van der Waals surface area (Å²) in [6.45, 7) is 2.46. The fraction of sp³-hybridized carbons (Fsp3) is 0.875. The summed E-state index contributed by atoms with van der Waals surface area (Å²) in [6, 6.07) is 0. The van der Waals surface area contributed by atoms with Crippen molar-refractivity contribution in [2.45, 2.75) is 19.3 Å². The van der Waals surface area contributed by atoms with Gasteiger partial charge in [0.1, 0.15) is 6.54 Å². The van der Waals surface area contributed by atoms with Gasteiger partial charge in [0.25, 0.3) is 0 Å². The van der Waals surface area contributed by atoms with Gasteiger partial charge in [-0.1, -0.05) is 0 Å². The molecule has 0 atom stereocenters. The van der Waals surface area contributed by atoms with Crippen LogP contribution in [0.5, 0.6) is 0 Å². The summed E-state index contributed by atoms with van der Waals surface area (Å²) in [5, 5.41) is 13.5. The van der Waals surface area contributed by atoms with E-state index in [1.165, 1.54) is 0 Å². The number of hydrogen-bond donors (Lipinski definition) is 1. The van der Waals surface area contributed by atoms with E-state index < -0.39 is 12.7 Å². The first-order chi connectivity index (χ1) is 8.04. The van der Waals surface area contributed by atoms with Gasteiger partial charge in [-0.2, -0.15) is 13.2 Å². The molecule has 6 nitrogen and oxygen atoms in total. The lowest BCUT2D eigenvalue weighted by atomic mass is 10.3. The molecule has 9 heteroatoms. The Kier molecular flexibility index (Phi) is 3.57. The molecule has 1 aliphatic rings. The minimum atomic E-state index is -4.30. The molecule has 17 heavy (non-hydrogen) atoms. The Morgan fingerprint density at radius 3 is 2.59 bits per heavy atom. The van der Waals surface area contributed by atoms with Crippen molar-refractivity contribution < 1.29 is 13.2 Å². The molecule has 0 spiro atoms. The van der Waals surface area contributed by atoms with Crippen molar-refractivity contribution in [3.63, 3.8) is 0 Å². The van der Waals surface area contributed by atoms with Gasteiger partial charge in [0.15, 0.2) is 5.82 Å². The number of nitrogens with one attached hydrogen (secondary N) is 1. The molecule has 0 saturated carbocycles. The largest absolute Gasteiger partial charge is 0.408 e. The first-order valence-corrected chi connectivity index (χ1v) is 5.29. The summed E-state index contributed by atoms with van der Waals surface area (Å²) in [6.07, 6.45) is -4.30. The highest BCUT2D eigenvalue weighted by Crippen LogP contribution is 2.17. The van der Waals surface area contributed by atoms with Crippen molar-refractivity contribution in [1.29, 1.82) is 0 Å². The zero-order valence-electron chi connectivity index (χ0n) is 9.11. The number of hydrogen-bond acceptors (Lipinski definition) is 5. The molecule has 0 amide bonds. The predicted octanol–water partition coefficient (Wildman–Crippen LogP) is -0.359. The van der Waals surface area contributed by atoms with Crippen LogP contribution in [0.4, 0.5) is 13.2 Å². The Balaban J connectivity index is 1.98. The molecule has 96 valence electrons. The number of piperazine rings is 1. The molecule has 2 heterocycles. The van der Waals surface area contributed by atoms with Crippen molar-refractivity contribution in [1.82, 2.24) is 30.4 Å². The van der Waals surface area contributed by atoms with Crippen LogP contribution in [0.3, 0.4) is 0 Å². The van der Waals surface area contributed by atoms with E-state index in [9.17, 15) is 13.2 Å². The SMILES string of the molecule is FC(F)(F)Cn1nnnc1CN1CCNCC1. The van der Waals surface area contributed by atoms with Crippen molar-refractivity contribution in [3.8, 4) is 0 Å². The number of alkyl halides is 3. The molecule has 1 aliphatic heterocycles. The number of aromatic nitrogens is 4. The van der Waals surface area contributed by atoms with Crippen LogP contribution in [-0.4, -0.2) is 57.5 Å². The van der Waals surface area contributed by atoms with Gasteiger partial charge in [-0.3, -0.25) is 4.90 Å². The summed E-state index contributed by atoms with van der Waals surface area (Å²) >= 11 is 0. The zero-order chi connectivity index (χ0) is 12.3. The maximum Gasteiger partial charge on any atom is 0.408 e. The van der Waals surface area contributed by atoms with Crippen molar-refractivity contribution >= 4 is 0 Å². The highest BCUT2D eigenvalue weighted by Gasteiger charge is 2.30. The average Bonchev–Trinajstić information content (AvgIpc) is 2.65. The lowest BCUT2D eigenvalue weighted by molar-refractivity contribution is -0.143. The van der Waals surface area contributed by atoms with Gasteiger partial charge in [0, 0.05) is 26.2 Å². The molecule has 1 fully saturated rings. The molecule has 0 bridgehead atoms. The van der Waals surface area contributed by atoms with Crippen LogP contribution in [0.1, 0.15) is 5.82 Å². The zero-order valence-corrected chi connectivity index (χ0v) is 9.11. The number of tetrazole rings is 1. The van der Waals surface area contributed by atoms with Crippen LogP contribution in [0, 0.1) is 0 Å². The average molecular weight is 250 g/mol. The Labute approximate surface area is 95.8 Å². The van der Waals surface area contributed by atoms with Crippen LogP contribution >= 0.6 is 0 Å². The third kappa shape index (κ3) is 3.63. The van der Waals surface area contributed by atoms with E-state index in [2.05, 4.69) is 20.8 Å². The van der Waals surface area contributed by atoms with Crippen molar-refractivity contribution in [2.75, 3.05) is 26.2 Å². The standard InChI is InChI=1S/C8H13F3N6/c9-8(10,11)6-17-7(13-14-15-17)5-16-3-1-12-2-4-16/h12H,1-6H2. The number of nitrogens with zero attached hydrogens (tertiary/aromatic N) is 5. The van der Waals surface area contributed by atoms with Gasteiger partial charge in [-0.15, -0.1) is 5.10 Å². The highest BCUT2D eigenvalue weighted by molar-refractivity contribution is 4.83. The normalized spacial score (nSPS) is 18.5. The summed E-state index contributed by atoms with van der Waals surface area (Å²) in [5.74, 6) is 0.254. The molecule has 1 saturated heterocycles. The van der Waals surface area contributed by atoms with E-state index in [1.54, 1.807) is 0 Å². The molecular formula is C8H13F3N6. The van der Waals surface area contributed by atoms with E-state index >= 15 is 0 Å². The molecule has 2 rings (SSSR count). The second kappa shape index (κ2) is 4.96. The Bertz CT molecular complexity index is 356. The minimum absolute atomic E-state index is 0.254. The first-order valence-electron chi connectivity index (χ1n) is 5.29. The topological polar surface area (TPSA) is 58.9 Å². The summed E-state index contributed by atoms with van der Waals surface area (Å²) in [5.41, 5.74) is 0.